The number of ether oxygens (including phenoxy) is 2. The van der Waals surface area contributed by atoms with Crippen LogP contribution in [-0.2, 0) is 0 Å². The number of benzene rings is 1. The van der Waals surface area contributed by atoms with Crippen molar-refractivity contribution in [3.63, 3.8) is 0 Å². The monoisotopic (exact) mass is 204 g/mol. The van der Waals surface area contributed by atoms with Gasteiger partial charge in [-0.15, -0.1) is 0 Å². The smallest absolute Gasteiger partial charge is 0.127 e. The van der Waals surface area contributed by atoms with Gasteiger partial charge in [-0.25, -0.2) is 0 Å². The van der Waals surface area contributed by atoms with Gasteiger partial charge in [0.1, 0.15) is 11.5 Å². The lowest BCUT2D eigenvalue weighted by Crippen LogP contribution is -1.89. The summed E-state index contributed by atoms with van der Waals surface area (Å²) in [7, 11) is 3.28. The zero-order valence-corrected chi connectivity index (χ0v) is 8.69. The number of hydrogen-bond donors (Lipinski definition) is 0. The summed E-state index contributed by atoms with van der Waals surface area (Å²) in [5.41, 5.74) is 1.94. The minimum Gasteiger partial charge on any atom is -0.497 e. The Hall–Kier alpha value is -1.90. The molecule has 1 aromatic carbocycles. The van der Waals surface area contributed by atoms with Crippen LogP contribution in [0.4, 0.5) is 0 Å². The molecule has 2 rings (SSSR count). The van der Waals surface area contributed by atoms with Crippen molar-refractivity contribution in [2.45, 2.75) is 0 Å². The molecule has 0 saturated heterocycles. The number of furan rings is 1. The van der Waals surface area contributed by atoms with Crippen molar-refractivity contribution in [1.29, 1.82) is 0 Å². The van der Waals surface area contributed by atoms with Crippen molar-refractivity contribution in [3.05, 3.63) is 36.8 Å². The molecule has 3 nitrogen and oxygen atoms in total. The molecule has 0 N–H and O–H groups in total. The highest BCUT2D eigenvalue weighted by atomic mass is 16.5. The van der Waals surface area contributed by atoms with Crippen LogP contribution in [0.3, 0.4) is 0 Å². The van der Waals surface area contributed by atoms with E-state index >= 15 is 0 Å². The highest BCUT2D eigenvalue weighted by molar-refractivity contribution is 5.71. The molecule has 15 heavy (non-hydrogen) atoms. The van der Waals surface area contributed by atoms with Crippen LogP contribution < -0.4 is 9.47 Å². The first-order chi connectivity index (χ1) is 7.35. The fourth-order valence-corrected chi connectivity index (χ4v) is 1.46. The topological polar surface area (TPSA) is 31.6 Å². The molecule has 0 saturated carbocycles. The predicted octanol–water partition coefficient (Wildman–Crippen LogP) is 2.96. The van der Waals surface area contributed by atoms with Crippen molar-refractivity contribution in [1.82, 2.24) is 0 Å². The summed E-state index contributed by atoms with van der Waals surface area (Å²) in [6.07, 6.45) is 3.31. The summed E-state index contributed by atoms with van der Waals surface area (Å²) in [5.74, 6) is 1.60. The third-order valence-corrected chi connectivity index (χ3v) is 2.24. The van der Waals surface area contributed by atoms with Gasteiger partial charge in [0.05, 0.1) is 26.7 Å². The summed E-state index contributed by atoms with van der Waals surface area (Å²) in [6, 6.07) is 7.55. The molecular formula is C12H12O3. The SMILES string of the molecule is COc1ccc(OC)c(-c2ccoc2)c1. The molecule has 2 aromatic rings. The fraction of sp³-hybridized carbons (Fsp3) is 0.167. The normalized spacial score (nSPS) is 10.0. The molecule has 0 aliphatic rings. The third kappa shape index (κ3) is 1.81. The van der Waals surface area contributed by atoms with Gasteiger partial charge < -0.3 is 13.9 Å². The Morgan fingerprint density at radius 2 is 1.93 bits per heavy atom. The Bertz CT molecular complexity index is 432. The molecule has 0 aliphatic heterocycles. The molecule has 0 bridgehead atoms. The summed E-state index contributed by atoms with van der Waals surface area (Å²) in [4.78, 5) is 0. The van der Waals surface area contributed by atoms with Crippen LogP contribution in [0.1, 0.15) is 0 Å². The van der Waals surface area contributed by atoms with E-state index in [-0.39, 0.29) is 0 Å². The average molecular weight is 204 g/mol. The van der Waals surface area contributed by atoms with E-state index in [0.29, 0.717) is 0 Å². The maximum atomic E-state index is 5.27. The van der Waals surface area contributed by atoms with E-state index in [9.17, 15) is 0 Å². The maximum Gasteiger partial charge on any atom is 0.127 e. The second-order valence-electron chi connectivity index (χ2n) is 3.08. The van der Waals surface area contributed by atoms with E-state index in [1.54, 1.807) is 26.7 Å². The number of rotatable bonds is 3. The van der Waals surface area contributed by atoms with Gasteiger partial charge in [0, 0.05) is 11.1 Å². The maximum absolute atomic E-state index is 5.27. The first-order valence-electron chi connectivity index (χ1n) is 4.59. The zero-order chi connectivity index (χ0) is 10.7. The van der Waals surface area contributed by atoms with Gasteiger partial charge in [-0.3, -0.25) is 0 Å². The lowest BCUT2D eigenvalue weighted by molar-refractivity contribution is 0.404. The first kappa shape index (κ1) is 9.65. The van der Waals surface area contributed by atoms with Gasteiger partial charge in [0.2, 0.25) is 0 Å². The van der Waals surface area contributed by atoms with Crippen molar-refractivity contribution in [3.8, 4) is 22.6 Å². The van der Waals surface area contributed by atoms with Crippen LogP contribution in [0.15, 0.2) is 41.2 Å². The van der Waals surface area contributed by atoms with E-state index in [2.05, 4.69) is 0 Å². The molecule has 1 heterocycles. The summed E-state index contributed by atoms with van der Waals surface area (Å²) in [6.45, 7) is 0. The summed E-state index contributed by atoms with van der Waals surface area (Å²) >= 11 is 0. The van der Waals surface area contributed by atoms with Crippen molar-refractivity contribution < 1.29 is 13.9 Å². The van der Waals surface area contributed by atoms with E-state index in [4.69, 9.17) is 13.9 Å². The fourth-order valence-electron chi connectivity index (χ4n) is 1.46. The summed E-state index contributed by atoms with van der Waals surface area (Å²) < 4.78 is 15.5. The molecule has 1 aromatic heterocycles. The molecule has 0 spiro atoms. The Morgan fingerprint density at radius 3 is 2.53 bits per heavy atom. The molecule has 0 amide bonds. The molecule has 0 aliphatic carbocycles. The van der Waals surface area contributed by atoms with Gasteiger partial charge in [-0.2, -0.15) is 0 Å². The molecule has 78 valence electrons. The minimum absolute atomic E-state index is 0.798. The molecular weight excluding hydrogens is 192 g/mol. The second kappa shape index (κ2) is 4.09. The highest BCUT2D eigenvalue weighted by Gasteiger charge is 2.08. The van der Waals surface area contributed by atoms with Gasteiger partial charge in [0.25, 0.3) is 0 Å². The van der Waals surface area contributed by atoms with E-state index in [0.717, 1.165) is 22.6 Å². The standard InChI is InChI=1S/C12H12O3/c1-13-10-3-4-12(14-2)11(7-10)9-5-6-15-8-9/h3-8H,1-2H3. The quantitative estimate of drug-likeness (QED) is 0.770. The van der Waals surface area contributed by atoms with Gasteiger partial charge >= 0.3 is 0 Å². The molecule has 0 atom stereocenters. The number of hydrogen-bond acceptors (Lipinski definition) is 3. The van der Waals surface area contributed by atoms with E-state index in [1.807, 2.05) is 24.3 Å². The largest absolute Gasteiger partial charge is 0.497 e. The Labute approximate surface area is 88.2 Å². The van der Waals surface area contributed by atoms with Crippen molar-refractivity contribution >= 4 is 0 Å². The molecule has 3 heteroatoms. The Kier molecular flexibility index (Phi) is 2.63. The van der Waals surface area contributed by atoms with Crippen LogP contribution in [0.5, 0.6) is 11.5 Å². The predicted molar refractivity (Wildman–Crippen MR) is 57.2 cm³/mol. The van der Waals surface area contributed by atoms with Crippen LogP contribution in [0, 0.1) is 0 Å². The summed E-state index contributed by atoms with van der Waals surface area (Å²) in [5, 5.41) is 0. The van der Waals surface area contributed by atoms with Crippen LogP contribution in [0.25, 0.3) is 11.1 Å². The van der Waals surface area contributed by atoms with Gasteiger partial charge in [-0.05, 0) is 24.3 Å². The van der Waals surface area contributed by atoms with E-state index < -0.39 is 0 Å². The molecule has 0 fully saturated rings. The first-order valence-corrected chi connectivity index (χ1v) is 4.59. The molecule has 0 unspecified atom stereocenters. The average Bonchev–Trinajstić information content (AvgIpc) is 2.81. The van der Waals surface area contributed by atoms with E-state index in [1.165, 1.54) is 0 Å². The van der Waals surface area contributed by atoms with Gasteiger partial charge in [-0.1, -0.05) is 0 Å². The van der Waals surface area contributed by atoms with Crippen molar-refractivity contribution in [2.75, 3.05) is 14.2 Å². The second-order valence-corrected chi connectivity index (χ2v) is 3.08. The van der Waals surface area contributed by atoms with Crippen LogP contribution in [-0.4, -0.2) is 14.2 Å². The van der Waals surface area contributed by atoms with Crippen LogP contribution in [0.2, 0.25) is 0 Å². The lowest BCUT2D eigenvalue weighted by Gasteiger charge is -2.08. The van der Waals surface area contributed by atoms with Crippen LogP contribution >= 0.6 is 0 Å². The highest BCUT2D eigenvalue weighted by Crippen LogP contribution is 2.33. The van der Waals surface area contributed by atoms with Crippen molar-refractivity contribution in [2.24, 2.45) is 0 Å². The third-order valence-electron chi connectivity index (χ3n) is 2.24. The Balaban J connectivity index is 2.52. The van der Waals surface area contributed by atoms with Gasteiger partial charge in [0.15, 0.2) is 0 Å². The Morgan fingerprint density at radius 1 is 1.07 bits per heavy atom. The number of methoxy groups -OCH3 is 2. The minimum atomic E-state index is 0.798. The lowest BCUT2D eigenvalue weighted by atomic mass is 10.1. The zero-order valence-electron chi connectivity index (χ0n) is 8.69. The molecule has 0 radical (unpaired) electrons.